The molecule has 0 aliphatic carbocycles. The zero-order valence-corrected chi connectivity index (χ0v) is 15.8. The largest absolute Gasteiger partial charge is 0.456 e. The predicted octanol–water partition coefficient (Wildman–Crippen LogP) is 7.54. The number of hydrogen-bond acceptors (Lipinski definition) is 1. The molecule has 0 saturated heterocycles. The van der Waals surface area contributed by atoms with Gasteiger partial charge in [-0.3, -0.25) is 0 Å². The normalized spacial score (nSPS) is 11.6. The van der Waals surface area contributed by atoms with Gasteiger partial charge in [-0.25, -0.2) is 4.85 Å². The number of fused-ring (bicyclic) bond motifs is 6. The molecule has 29 heavy (non-hydrogen) atoms. The highest BCUT2D eigenvalue weighted by Crippen LogP contribution is 2.36. The maximum atomic E-state index is 7.37. The zero-order valence-electron chi connectivity index (χ0n) is 15.8. The fraction of sp³-hybridized carbons (Fsp3) is 0.0385. The van der Waals surface area contributed by atoms with Crippen LogP contribution in [0, 0.1) is 13.5 Å². The van der Waals surface area contributed by atoms with Gasteiger partial charge in [0.15, 0.2) is 5.69 Å². The van der Waals surface area contributed by atoms with E-state index in [-0.39, 0.29) is 0 Å². The fourth-order valence-corrected chi connectivity index (χ4v) is 4.33. The Morgan fingerprint density at radius 2 is 1.48 bits per heavy atom. The van der Waals surface area contributed by atoms with E-state index in [1.165, 1.54) is 5.56 Å². The molecule has 0 fully saturated rings. The van der Waals surface area contributed by atoms with E-state index in [0.29, 0.717) is 5.69 Å². The van der Waals surface area contributed by atoms with Crippen molar-refractivity contribution >= 4 is 49.4 Å². The summed E-state index contributed by atoms with van der Waals surface area (Å²) in [5.74, 6) is 0. The first-order chi connectivity index (χ1) is 14.2. The Balaban J connectivity index is 1.73. The van der Waals surface area contributed by atoms with Crippen LogP contribution in [0.4, 0.5) is 5.69 Å². The van der Waals surface area contributed by atoms with E-state index in [2.05, 4.69) is 58.8 Å². The Labute approximate surface area is 167 Å². The molecule has 3 heteroatoms. The number of aromatic nitrogens is 1. The highest BCUT2D eigenvalue weighted by molar-refractivity contribution is 6.11. The van der Waals surface area contributed by atoms with Crippen molar-refractivity contribution in [2.24, 2.45) is 0 Å². The summed E-state index contributed by atoms with van der Waals surface area (Å²) in [5, 5.41) is 4.51. The molecule has 0 spiro atoms. The lowest BCUT2D eigenvalue weighted by Gasteiger charge is -2.08. The summed E-state index contributed by atoms with van der Waals surface area (Å²) in [7, 11) is 0. The molecule has 0 N–H and O–H groups in total. The summed E-state index contributed by atoms with van der Waals surface area (Å²) in [5.41, 5.74) is 7.00. The topological polar surface area (TPSA) is 22.4 Å². The quantitative estimate of drug-likeness (QED) is 0.273. The van der Waals surface area contributed by atoms with Crippen molar-refractivity contribution in [2.45, 2.75) is 6.92 Å². The molecule has 2 heterocycles. The molecule has 0 aliphatic heterocycles. The Bertz CT molecular complexity index is 1630. The van der Waals surface area contributed by atoms with Crippen LogP contribution in [0.15, 0.2) is 83.3 Å². The first-order valence-corrected chi connectivity index (χ1v) is 9.57. The van der Waals surface area contributed by atoms with Crippen molar-refractivity contribution in [1.29, 1.82) is 0 Å². The summed E-state index contributed by atoms with van der Waals surface area (Å²) in [6.07, 6.45) is 0. The number of nitrogens with zero attached hydrogens (tertiary/aromatic N) is 2. The molecule has 0 amide bonds. The van der Waals surface area contributed by atoms with Gasteiger partial charge < -0.3 is 8.98 Å². The van der Waals surface area contributed by atoms with Gasteiger partial charge in [-0.1, -0.05) is 35.9 Å². The van der Waals surface area contributed by atoms with Gasteiger partial charge in [0.2, 0.25) is 0 Å². The third-order valence-electron chi connectivity index (χ3n) is 5.65. The lowest BCUT2D eigenvalue weighted by Crippen LogP contribution is -1.93. The number of furan rings is 1. The molecule has 0 bridgehead atoms. The first-order valence-electron chi connectivity index (χ1n) is 9.57. The minimum Gasteiger partial charge on any atom is -0.456 e. The van der Waals surface area contributed by atoms with Crippen LogP contribution in [0.5, 0.6) is 0 Å². The number of benzene rings is 4. The SMILES string of the molecule is [C-]#[N+]c1ccc2c(c1)c1ccccc1n2-c1ccc2oc3ccc(C)cc3c2c1. The van der Waals surface area contributed by atoms with Gasteiger partial charge in [-0.05, 0) is 60.8 Å². The van der Waals surface area contributed by atoms with E-state index in [0.717, 1.165) is 49.4 Å². The van der Waals surface area contributed by atoms with E-state index in [4.69, 9.17) is 11.0 Å². The summed E-state index contributed by atoms with van der Waals surface area (Å²) >= 11 is 0. The van der Waals surface area contributed by atoms with Gasteiger partial charge in [0.25, 0.3) is 0 Å². The van der Waals surface area contributed by atoms with Gasteiger partial charge in [-0.15, -0.1) is 0 Å². The van der Waals surface area contributed by atoms with E-state index in [1.807, 2.05) is 36.4 Å². The van der Waals surface area contributed by atoms with Crippen molar-refractivity contribution in [3.8, 4) is 5.69 Å². The summed E-state index contributed by atoms with van der Waals surface area (Å²) < 4.78 is 8.31. The molecule has 0 radical (unpaired) electrons. The maximum absolute atomic E-state index is 7.37. The van der Waals surface area contributed by atoms with E-state index < -0.39 is 0 Å². The second kappa shape index (κ2) is 5.73. The Hall–Kier alpha value is -4.03. The molecule has 6 aromatic rings. The van der Waals surface area contributed by atoms with E-state index >= 15 is 0 Å². The number of para-hydroxylation sites is 1. The lowest BCUT2D eigenvalue weighted by atomic mass is 10.1. The van der Waals surface area contributed by atoms with E-state index in [1.54, 1.807) is 0 Å². The second-order valence-corrected chi connectivity index (χ2v) is 7.45. The van der Waals surface area contributed by atoms with E-state index in [9.17, 15) is 0 Å². The number of hydrogen-bond donors (Lipinski definition) is 0. The highest BCUT2D eigenvalue weighted by Gasteiger charge is 2.14. The summed E-state index contributed by atoms with van der Waals surface area (Å²) in [6, 6.07) is 26.9. The summed E-state index contributed by atoms with van der Waals surface area (Å²) in [6.45, 7) is 9.47. The second-order valence-electron chi connectivity index (χ2n) is 7.45. The minimum atomic E-state index is 0.659. The fourth-order valence-electron chi connectivity index (χ4n) is 4.33. The maximum Gasteiger partial charge on any atom is 0.188 e. The lowest BCUT2D eigenvalue weighted by molar-refractivity contribution is 0.669. The highest BCUT2D eigenvalue weighted by atomic mass is 16.3. The minimum absolute atomic E-state index is 0.659. The van der Waals surface area contributed by atoms with Gasteiger partial charge in [0.1, 0.15) is 11.2 Å². The van der Waals surface area contributed by atoms with Crippen molar-refractivity contribution < 1.29 is 4.42 Å². The molecule has 0 atom stereocenters. The summed E-state index contributed by atoms with van der Waals surface area (Å²) in [4.78, 5) is 3.61. The van der Waals surface area contributed by atoms with Gasteiger partial charge in [0, 0.05) is 21.8 Å². The van der Waals surface area contributed by atoms with Crippen LogP contribution in [0.1, 0.15) is 5.56 Å². The number of rotatable bonds is 1. The van der Waals surface area contributed by atoms with Crippen LogP contribution in [0.2, 0.25) is 0 Å². The third kappa shape index (κ3) is 2.23. The van der Waals surface area contributed by atoms with Crippen LogP contribution in [-0.4, -0.2) is 4.57 Å². The Kier molecular flexibility index (Phi) is 3.16. The average molecular weight is 372 g/mol. The molecule has 6 rings (SSSR count). The predicted molar refractivity (Wildman–Crippen MR) is 119 cm³/mol. The molecule has 0 saturated carbocycles. The van der Waals surface area contributed by atoms with Gasteiger partial charge in [-0.2, -0.15) is 0 Å². The van der Waals surface area contributed by atoms with Crippen LogP contribution in [0.3, 0.4) is 0 Å². The number of aryl methyl sites for hydroxylation is 1. The van der Waals surface area contributed by atoms with Crippen molar-refractivity contribution in [3.63, 3.8) is 0 Å². The molecule has 4 aromatic carbocycles. The molecular formula is C26H16N2O. The van der Waals surface area contributed by atoms with Crippen LogP contribution < -0.4 is 0 Å². The smallest absolute Gasteiger partial charge is 0.188 e. The Morgan fingerprint density at radius 1 is 0.724 bits per heavy atom. The molecule has 0 unspecified atom stereocenters. The van der Waals surface area contributed by atoms with Gasteiger partial charge in [0.05, 0.1) is 17.6 Å². The standard InChI is InChI=1S/C26H16N2O/c1-16-7-11-25-21(13-16)22-15-18(9-12-26(22)29-25)28-23-6-4-3-5-19(23)20-14-17(27-2)8-10-24(20)28/h3-15H,1H3. The van der Waals surface area contributed by atoms with Crippen molar-refractivity contribution in [3.05, 3.63) is 95.8 Å². The molecule has 3 nitrogen and oxygen atoms in total. The third-order valence-corrected chi connectivity index (χ3v) is 5.65. The monoisotopic (exact) mass is 372 g/mol. The van der Waals surface area contributed by atoms with Crippen LogP contribution in [-0.2, 0) is 0 Å². The Morgan fingerprint density at radius 3 is 2.34 bits per heavy atom. The zero-order chi connectivity index (χ0) is 19.5. The first kappa shape index (κ1) is 16.0. The van der Waals surface area contributed by atoms with Crippen molar-refractivity contribution in [1.82, 2.24) is 4.57 Å². The molecule has 0 aliphatic rings. The van der Waals surface area contributed by atoms with Crippen LogP contribution in [0.25, 0.3) is 54.3 Å². The molecule has 2 aromatic heterocycles. The molecule has 136 valence electrons. The molecular weight excluding hydrogens is 356 g/mol. The van der Waals surface area contributed by atoms with Crippen LogP contribution >= 0.6 is 0 Å². The van der Waals surface area contributed by atoms with Crippen molar-refractivity contribution in [2.75, 3.05) is 0 Å². The average Bonchev–Trinajstić information content (AvgIpc) is 3.28. The van der Waals surface area contributed by atoms with Gasteiger partial charge >= 0.3 is 0 Å².